The SMILES string of the molecule is COc1ccc(OC)c(NC(=O)/C(C#N)=C\N2CCCCC2CCO)c1. The smallest absolute Gasteiger partial charge is 0.267 e. The number of carbonyl (C=O) groups excluding carboxylic acids is 1. The highest BCUT2D eigenvalue weighted by molar-refractivity contribution is 6.07. The summed E-state index contributed by atoms with van der Waals surface area (Å²) in [5.41, 5.74) is 0.447. The molecule has 140 valence electrons. The van der Waals surface area contributed by atoms with E-state index in [4.69, 9.17) is 9.47 Å². The van der Waals surface area contributed by atoms with Crippen LogP contribution in [0.15, 0.2) is 30.0 Å². The molecule has 1 aliphatic heterocycles. The standard InChI is InChI=1S/C19H25N3O4/c1-25-16-6-7-18(26-2)17(11-16)21-19(24)14(12-20)13-22-9-4-3-5-15(22)8-10-23/h6-7,11,13,15,23H,3-5,8-10H2,1-2H3,(H,21,24)/b14-13-. The number of amides is 1. The van der Waals surface area contributed by atoms with Crippen LogP contribution >= 0.6 is 0 Å². The molecule has 0 saturated carbocycles. The minimum Gasteiger partial charge on any atom is -0.497 e. The number of rotatable bonds is 7. The van der Waals surface area contributed by atoms with Crippen LogP contribution in [0.3, 0.4) is 0 Å². The quantitative estimate of drug-likeness (QED) is 0.573. The lowest BCUT2D eigenvalue weighted by atomic mass is 10.00. The number of nitriles is 1. The van der Waals surface area contributed by atoms with E-state index in [-0.39, 0.29) is 18.2 Å². The summed E-state index contributed by atoms with van der Waals surface area (Å²) in [4.78, 5) is 14.6. The summed E-state index contributed by atoms with van der Waals surface area (Å²) < 4.78 is 10.4. The summed E-state index contributed by atoms with van der Waals surface area (Å²) in [6.07, 6.45) is 5.26. The van der Waals surface area contributed by atoms with Gasteiger partial charge in [-0.2, -0.15) is 5.26 Å². The highest BCUT2D eigenvalue weighted by Crippen LogP contribution is 2.29. The van der Waals surface area contributed by atoms with Crippen molar-refractivity contribution in [3.05, 3.63) is 30.0 Å². The number of piperidine rings is 1. The van der Waals surface area contributed by atoms with Gasteiger partial charge in [0.05, 0.1) is 19.9 Å². The van der Waals surface area contributed by atoms with Crippen molar-refractivity contribution < 1.29 is 19.4 Å². The van der Waals surface area contributed by atoms with E-state index in [1.807, 2.05) is 11.0 Å². The molecule has 2 N–H and O–H groups in total. The Balaban J connectivity index is 2.19. The third kappa shape index (κ3) is 4.90. The molecule has 0 aliphatic carbocycles. The highest BCUT2D eigenvalue weighted by atomic mass is 16.5. The lowest BCUT2D eigenvalue weighted by Crippen LogP contribution is -2.37. The van der Waals surface area contributed by atoms with Crippen molar-refractivity contribution in [2.24, 2.45) is 0 Å². The Labute approximate surface area is 153 Å². The fourth-order valence-corrected chi connectivity index (χ4v) is 3.06. The van der Waals surface area contributed by atoms with E-state index in [1.54, 1.807) is 24.4 Å². The lowest BCUT2D eigenvalue weighted by molar-refractivity contribution is -0.112. The van der Waals surface area contributed by atoms with Gasteiger partial charge >= 0.3 is 0 Å². The number of hydrogen-bond acceptors (Lipinski definition) is 6. The van der Waals surface area contributed by atoms with Crippen molar-refractivity contribution in [1.29, 1.82) is 5.26 Å². The zero-order valence-corrected chi connectivity index (χ0v) is 15.2. The number of anilines is 1. The van der Waals surface area contributed by atoms with Crippen molar-refractivity contribution in [1.82, 2.24) is 4.90 Å². The third-order valence-corrected chi connectivity index (χ3v) is 4.45. The van der Waals surface area contributed by atoms with Gasteiger partial charge in [0.2, 0.25) is 0 Å². The maximum absolute atomic E-state index is 12.6. The first kappa shape index (κ1) is 19.6. The minimum absolute atomic E-state index is 0.0136. The molecule has 1 aromatic rings. The highest BCUT2D eigenvalue weighted by Gasteiger charge is 2.22. The number of hydrogen-bond donors (Lipinski definition) is 2. The van der Waals surface area contributed by atoms with Crippen LogP contribution in [-0.2, 0) is 4.79 Å². The molecule has 1 aromatic carbocycles. The van der Waals surface area contributed by atoms with Crippen LogP contribution in [0.5, 0.6) is 11.5 Å². The number of ether oxygens (including phenoxy) is 2. The first-order valence-corrected chi connectivity index (χ1v) is 8.64. The third-order valence-electron chi connectivity index (χ3n) is 4.45. The molecule has 1 aliphatic rings. The molecule has 0 bridgehead atoms. The maximum Gasteiger partial charge on any atom is 0.267 e. The molecule has 0 aromatic heterocycles. The Morgan fingerprint density at radius 2 is 2.23 bits per heavy atom. The molecule has 1 saturated heterocycles. The van der Waals surface area contributed by atoms with Crippen LogP contribution in [0.2, 0.25) is 0 Å². The van der Waals surface area contributed by atoms with Gasteiger partial charge in [-0.1, -0.05) is 0 Å². The van der Waals surface area contributed by atoms with Crippen molar-refractivity contribution in [2.75, 3.05) is 32.7 Å². The van der Waals surface area contributed by atoms with Gasteiger partial charge in [0, 0.05) is 31.5 Å². The summed E-state index contributed by atoms with van der Waals surface area (Å²) in [6.45, 7) is 0.857. The first-order chi connectivity index (χ1) is 12.6. The molecule has 1 amide bonds. The van der Waals surface area contributed by atoms with Crippen LogP contribution in [0, 0.1) is 11.3 Å². The second kappa shape index (κ2) is 9.68. The Bertz CT molecular complexity index is 695. The van der Waals surface area contributed by atoms with E-state index in [0.29, 0.717) is 23.6 Å². The first-order valence-electron chi connectivity index (χ1n) is 8.64. The van der Waals surface area contributed by atoms with E-state index in [2.05, 4.69) is 5.32 Å². The fourth-order valence-electron chi connectivity index (χ4n) is 3.06. The molecular weight excluding hydrogens is 334 g/mol. The monoisotopic (exact) mass is 359 g/mol. The zero-order chi connectivity index (χ0) is 18.9. The van der Waals surface area contributed by atoms with Gasteiger partial charge in [-0.05, 0) is 37.8 Å². The van der Waals surface area contributed by atoms with E-state index in [1.165, 1.54) is 14.2 Å². The summed E-state index contributed by atoms with van der Waals surface area (Å²) >= 11 is 0. The van der Waals surface area contributed by atoms with Crippen LogP contribution in [0.25, 0.3) is 0 Å². The number of carbonyl (C=O) groups is 1. The molecule has 2 rings (SSSR count). The van der Waals surface area contributed by atoms with Gasteiger partial charge in [0.25, 0.3) is 5.91 Å². The average molecular weight is 359 g/mol. The van der Waals surface area contributed by atoms with Crippen molar-refractivity contribution in [2.45, 2.75) is 31.7 Å². The summed E-state index contributed by atoms with van der Waals surface area (Å²) in [6, 6.07) is 7.17. The predicted molar refractivity (Wildman–Crippen MR) is 97.9 cm³/mol. The molecule has 1 atom stereocenters. The van der Waals surface area contributed by atoms with E-state index in [0.717, 1.165) is 25.8 Å². The second-order valence-corrected chi connectivity index (χ2v) is 6.07. The number of likely N-dealkylation sites (tertiary alicyclic amines) is 1. The number of nitrogens with one attached hydrogen (secondary N) is 1. The van der Waals surface area contributed by atoms with Crippen molar-refractivity contribution in [3.63, 3.8) is 0 Å². The fraction of sp³-hybridized carbons (Fsp3) is 0.474. The van der Waals surface area contributed by atoms with Crippen molar-refractivity contribution in [3.8, 4) is 17.6 Å². The number of aliphatic hydroxyl groups is 1. The number of nitrogens with zero attached hydrogens (tertiary/aromatic N) is 2. The van der Waals surface area contributed by atoms with Crippen LogP contribution < -0.4 is 14.8 Å². The van der Waals surface area contributed by atoms with Crippen LogP contribution in [-0.4, -0.2) is 49.3 Å². The summed E-state index contributed by atoms with van der Waals surface area (Å²) in [5.74, 6) is 0.544. The largest absolute Gasteiger partial charge is 0.497 e. The van der Waals surface area contributed by atoms with Crippen molar-refractivity contribution >= 4 is 11.6 Å². The average Bonchev–Trinajstić information content (AvgIpc) is 2.67. The van der Waals surface area contributed by atoms with Gasteiger partial charge in [-0.15, -0.1) is 0 Å². The Hall–Kier alpha value is -2.72. The Morgan fingerprint density at radius 1 is 1.42 bits per heavy atom. The molecule has 7 heteroatoms. The molecule has 26 heavy (non-hydrogen) atoms. The van der Waals surface area contributed by atoms with E-state index in [9.17, 15) is 15.2 Å². The Kier molecular flexibility index (Phi) is 7.30. The van der Waals surface area contributed by atoms with Gasteiger partial charge < -0.3 is 24.8 Å². The Morgan fingerprint density at radius 3 is 2.88 bits per heavy atom. The maximum atomic E-state index is 12.6. The normalized spacial score (nSPS) is 17.4. The summed E-state index contributed by atoms with van der Waals surface area (Å²) in [5, 5.41) is 21.4. The zero-order valence-electron chi connectivity index (χ0n) is 15.2. The van der Waals surface area contributed by atoms with Crippen LogP contribution in [0.4, 0.5) is 5.69 Å². The lowest BCUT2D eigenvalue weighted by Gasteiger charge is -2.34. The molecule has 1 heterocycles. The van der Waals surface area contributed by atoms with Gasteiger partial charge in [0.1, 0.15) is 23.1 Å². The van der Waals surface area contributed by atoms with Crippen LogP contribution in [0.1, 0.15) is 25.7 Å². The molecule has 0 radical (unpaired) electrons. The molecule has 1 fully saturated rings. The molecule has 0 spiro atoms. The number of aliphatic hydroxyl groups excluding tert-OH is 1. The topological polar surface area (TPSA) is 94.8 Å². The molecule has 7 nitrogen and oxygen atoms in total. The molecule has 1 unspecified atom stereocenters. The molecular formula is C19H25N3O4. The number of methoxy groups -OCH3 is 2. The number of benzene rings is 1. The summed E-state index contributed by atoms with van der Waals surface area (Å²) in [7, 11) is 3.04. The van der Waals surface area contributed by atoms with Gasteiger partial charge in [-0.25, -0.2) is 0 Å². The van der Waals surface area contributed by atoms with Gasteiger partial charge in [0.15, 0.2) is 0 Å². The predicted octanol–water partition coefficient (Wildman–Crippen LogP) is 2.29. The minimum atomic E-state index is -0.507. The van der Waals surface area contributed by atoms with E-state index < -0.39 is 5.91 Å². The van der Waals surface area contributed by atoms with E-state index >= 15 is 0 Å². The second-order valence-electron chi connectivity index (χ2n) is 6.07. The van der Waals surface area contributed by atoms with Gasteiger partial charge in [-0.3, -0.25) is 4.79 Å².